The smallest absolute Gasteiger partial charge is 0.287 e. The van der Waals surface area contributed by atoms with Gasteiger partial charge in [-0.25, -0.2) is 22.2 Å². The van der Waals surface area contributed by atoms with E-state index < -0.39 is 46.1 Å². The average Bonchev–Trinajstić information content (AvgIpc) is 3.29. The standard InChI is InChI=1S/C24H23F4N5O3/c1-29-20(34)9-36-17-5-2-15(3-6-17)21-10-22(11-21,12-21)24(27,28)23(35,13-33-14-30-31-32-33)18-7-4-16(25)8-19(18)26/h2-8,14,35H,9-13H2,1H3,(H,29,34). The van der Waals surface area contributed by atoms with Crippen molar-refractivity contribution in [3.63, 3.8) is 0 Å². The summed E-state index contributed by atoms with van der Waals surface area (Å²) >= 11 is 0. The van der Waals surface area contributed by atoms with Gasteiger partial charge in [-0.05, 0) is 64.9 Å². The summed E-state index contributed by atoms with van der Waals surface area (Å²) in [5, 5.41) is 24.2. The Kier molecular flexibility index (Phi) is 5.54. The lowest BCUT2D eigenvalue weighted by atomic mass is 9.30. The van der Waals surface area contributed by atoms with Crippen LogP contribution in [-0.4, -0.2) is 50.8 Å². The van der Waals surface area contributed by atoms with E-state index >= 15 is 8.78 Å². The molecule has 12 heteroatoms. The van der Waals surface area contributed by atoms with Crippen molar-refractivity contribution in [2.24, 2.45) is 5.41 Å². The van der Waals surface area contributed by atoms with E-state index in [0.717, 1.165) is 28.7 Å². The van der Waals surface area contributed by atoms with Crippen LogP contribution in [0.3, 0.4) is 0 Å². The monoisotopic (exact) mass is 505 g/mol. The number of aromatic nitrogens is 4. The SMILES string of the molecule is CNC(=O)COc1ccc(C23CC(C(F)(F)C(O)(Cn4cnnn4)c4ccc(F)cc4F)(C2)C3)cc1. The molecule has 3 saturated carbocycles. The van der Waals surface area contributed by atoms with Gasteiger partial charge in [0.1, 0.15) is 23.7 Å². The van der Waals surface area contributed by atoms with E-state index in [-0.39, 0.29) is 31.8 Å². The molecular formula is C24H23F4N5O3. The lowest BCUT2D eigenvalue weighted by molar-refractivity contribution is -0.347. The topological polar surface area (TPSA) is 102 Å². The molecule has 2 bridgehead atoms. The number of ether oxygens (including phenoxy) is 1. The number of rotatable bonds is 9. The summed E-state index contributed by atoms with van der Waals surface area (Å²) in [5.74, 6) is -5.83. The van der Waals surface area contributed by atoms with Gasteiger partial charge in [0, 0.05) is 24.1 Å². The number of tetrazole rings is 1. The van der Waals surface area contributed by atoms with E-state index in [1.165, 1.54) is 7.05 Å². The third-order valence-corrected chi connectivity index (χ3v) is 7.49. The van der Waals surface area contributed by atoms with Crippen molar-refractivity contribution in [2.45, 2.75) is 42.7 Å². The number of benzene rings is 2. The largest absolute Gasteiger partial charge is 0.484 e. The number of likely N-dealkylation sites (N-methyl/N-ethyl adjacent to an activating group) is 1. The predicted molar refractivity (Wildman–Crippen MR) is 117 cm³/mol. The van der Waals surface area contributed by atoms with Crippen LogP contribution in [0.2, 0.25) is 0 Å². The van der Waals surface area contributed by atoms with Gasteiger partial charge in [0.05, 0.1) is 6.54 Å². The van der Waals surface area contributed by atoms with Crippen LogP contribution in [0, 0.1) is 17.0 Å². The molecule has 1 aromatic heterocycles. The molecule has 36 heavy (non-hydrogen) atoms. The van der Waals surface area contributed by atoms with E-state index in [2.05, 4.69) is 20.8 Å². The van der Waals surface area contributed by atoms with Crippen LogP contribution in [0.25, 0.3) is 0 Å². The van der Waals surface area contributed by atoms with E-state index in [0.29, 0.717) is 11.8 Å². The molecule has 1 amide bonds. The minimum Gasteiger partial charge on any atom is -0.484 e. The summed E-state index contributed by atoms with van der Waals surface area (Å²) in [5.41, 5.74) is -4.99. The highest BCUT2D eigenvalue weighted by atomic mass is 19.3. The Morgan fingerprint density at radius 1 is 1.17 bits per heavy atom. The molecule has 8 nitrogen and oxygen atoms in total. The molecule has 2 aromatic carbocycles. The first-order valence-corrected chi connectivity index (χ1v) is 11.2. The first-order chi connectivity index (χ1) is 17.0. The molecule has 0 spiro atoms. The molecule has 2 N–H and O–H groups in total. The normalized spacial score (nSPS) is 24.3. The quantitative estimate of drug-likeness (QED) is 0.434. The molecule has 3 fully saturated rings. The number of nitrogens with one attached hydrogen (secondary N) is 1. The van der Waals surface area contributed by atoms with Gasteiger partial charge in [-0.1, -0.05) is 12.1 Å². The van der Waals surface area contributed by atoms with Crippen molar-refractivity contribution in [2.75, 3.05) is 13.7 Å². The fraction of sp³-hybridized carbons (Fsp3) is 0.417. The Bertz CT molecular complexity index is 1270. The van der Waals surface area contributed by atoms with Crippen molar-refractivity contribution in [3.8, 4) is 5.75 Å². The maximum absolute atomic E-state index is 16.2. The average molecular weight is 505 g/mol. The minimum atomic E-state index is -3.79. The molecule has 3 aliphatic carbocycles. The Labute approximate surface area is 203 Å². The molecule has 1 unspecified atom stereocenters. The Balaban J connectivity index is 1.39. The second kappa shape index (κ2) is 8.26. The summed E-state index contributed by atoms with van der Waals surface area (Å²) < 4.78 is 66.9. The first-order valence-electron chi connectivity index (χ1n) is 11.2. The summed E-state index contributed by atoms with van der Waals surface area (Å²) in [6, 6.07) is 9.02. The Hall–Kier alpha value is -3.54. The third kappa shape index (κ3) is 3.54. The third-order valence-electron chi connectivity index (χ3n) is 7.49. The summed E-state index contributed by atoms with van der Waals surface area (Å²) in [6.07, 6.45) is 1.27. The second-order valence-electron chi connectivity index (χ2n) is 9.64. The van der Waals surface area contributed by atoms with E-state index in [4.69, 9.17) is 4.74 Å². The van der Waals surface area contributed by atoms with Crippen molar-refractivity contribution < 1.29 is 32.2 Å². The van der Waals surface area contributed by atoms with Crippen LogP contribution in [-0.2, 0) is 22.4 Å². The highest BCUT2D eigenvalue weighted by Gasteiger charge is 2.82. The van der Waals surface area contributed by atoms with Gasteiger partial charge in [0.2, 0.25) is 0 Å². The minimum absolute atomic E-state index is 0.0756. The number of alkyl halides is 2. The number of carbonyl (C=O) groups is 1. The molecule has 6 rings (SSSR count). The Morgan fingerprint density at radius 3 is 2.44 bits per heavy atom. The molecule has 190 valence electrons. The molecule has 0 aliphatic heterocycles. The molecule has 1 atom stereocenters. The molecule has 3 aromatic rings. The lowest BCUT2D eigenvalue weighted by Crippen LogP contribution is -2.76. The van der Waals surface area contributed by atoms with E-state index in [9.17, 15) is 18.7 Å². The summed E-state index contributed by atoms with van der Waals surface area (Å²) in [7, 11) is 1.50. The van der Waals surface area contributed by atoms with Crippen LogP contribution in [0.5, 0.6) is 5.75 Å². The van der Waals surface area contributed by atoms with Crippen molar-refractivity contribution in [1.82, 2.24) is 25.5 Å². The second-order valence-corrected chi connectivity index (χ2v) is 9.64. The van der Waals surface area contributed by atoms with Gasteiger partial charge < -0.3 is 15.2 Å². The van der Waals surface area contributed by atoms with Crippen LogP contribution < -0.4 is 10.1 Å². The number of hydrogen-bond acceptors (Lipinski definition) is 6. The maximum Gasteiger partial charge on any atom is 0.287 e. The number of hydrogen-bond donors (Lipinski definition) is 2. The summed E-state index contributed by atoms with van der Waals surface area (Å²) in [4.78, 5) is 11.3. The zero-order valence-corrected chi connectivity index (χ0v) is 19.2. The van der Waals surface area contributed by atoms with Gasteiger partial charge in [-0.2, -0.15) is 0 Å². The first kappa shape index (κ1) is 24.2. The summed E-state index contributed by atoms with van der Waals surface area (Å²) in [6.45, 7) is -0.960. The highest BCUT2D eigenvalue weighted by molar-refractivity contribution is 5.77. The van der Waals surface area contributed by atoms with Crippen molar-refractivity contribution in [3.05, 3.63) is 71.6 Å². The van der Waals surface area contributed by atoms with Crippen LogP contribution in [0.15, 0.2) is 48.8 Å². The van der Waals surface area contributed by atoms with Gasteiger partial charge in [0.25, 0.3) is 11.8 Å². The van der Waals surface area contributed by atoms with E-state index in [1.807, 2.05) is 0 Å². The van der Waals surface area contributed by atoms with Crippen LogP contribution >= 0.6 is 0 Å². The van der Waals surface area contributed by atoms with Gasteiger partial charge in [-0.15, -0.1) is 5.10 Å². The molecular weight excluding hydrogens is 482 g/mol. The van der Waals surface area contributed by atoms with Gasteiger partial charge in [-0.3, -0.25) is 4.79 Å². The lowest BCUT2D eigenvalue weighted by Gasteiger charge is -2.74. The van der Waals surface area contributed by atoms with Gasteiger partial charge >= 0.3 is 0 Å². The van der Waals surface area contributed by atoms with Crippen LogP contribution in [0.1, 0.15) is 30.4 Å². The van der Waals surface area contributed by atoms with E-state index in [1.54, 1.807) is 24.3 Å². The highest BCUT2D eigenvalue weighted by Crippen LogP contribution is 2.80. The molecule has 1 heterocycles. The number of amides is 1. The zero-order chi connectivity index (χ0) is 25.8. The fourth-order valence-corrected chi connectivity index (χ4v) is 5.66. The molecule has 0 radical (unpaired) electrons. The number of halogens is 4. The molecule has 3 aliphatic rings. The number of nitrogens with zero attached hydrogens (tertiary/aromatic N) is 4. The fourth-order valence-electron chi connectivity index (χ4n) is 5.66. The number of carbonyl (C=O) groups excluding carboxylic acids is 1. The van der Waals surface area contributed by atoms with Crippen molar-refractivity contribution >= 4 is 5.91 Å². The molecule has 0 saturated heterocycles. The maximum atomic E-state index is 16.2. The van der Waals surface area contributed by atoms with Gasteiger partial charge in [0.15, 0.2) is 12.2 Å². The van der Waals surface area contributed by atoms with Crippen LogP contribution in [0.4, 0.5) is 17.6 Å². The zero-order valence-electron chi connectivity index (χ0n) is 19.2. The predicted octanol–water partition coefficient (Wildman–Crippen LogP) is 2.72. The van der Waals surface area contributed by atoms with Crippen molar-refractivity contribution in [1.29, 1.82) is 0 Å². The number of aliphatic hydroxyl groups is 1. The Morgan fingerprint density at radius 2 is 1.86 bits per heavy atom.